The number of carbonyl (C=O) groups is 1. The SMILES string of the molecule is CC(C)N(Cc1ccc(-c2ccccc2F)s1)C(=O)Nc1ccccc1CN1CCOCC1. The highest BCUT2D eigenvalue weighted by atomic mass is 32.1. The van der Waals surface area contributed by atoms with Gasteiger partial charge in [0.2, 0.25) is 0 Å². The van der Waals surface area contributed by atoms with Gasteiger partial charge in [-0.05, 0) is 43.7 Å². The molecule has 33 heavy (non-hydrogen) atoms. The maximum absolute atomic E-state index is 14.2. The van der Waals surface area contributed by atoms with Crippen molar-refractivity contribution in [2.75, 3.05) is 31.6 Å². The average Bonchev–Trinajstić information content (AvgIpc) is 3.28. The van der Waals surface area contributed by atoms with Crippen LogP contribution in [0.3, 0.4) is 0 Å². The van der Waals surface area contributed by atoms with Crippen LogP contribution in [0.2, 0.25) is 0 Å². The molecule has 0 aliphatic carbocycles. The lowest BCUT2D eigenvalue weighted by molar-refractivity contribution is 0.0342. The zero-order valence-corrected chi connectivity index (χ0v) is 19.9. The van der Waals surface area contributed by atoms with Crippen LogP contribution >= 0.6 is 11.3 Å². The standard InChI is InChI=1S/C26H30FN3O2S/c1-19(2)30(18-21-11-12-25(33-21)22-8-4-5-9-23(22)27)26(31)28-24-10-6-3-7-20(24)17-29-13-15-32-16-14-29/h3-12,19H,13-18H2,1-2H3,(H,28,31). The molecule has 1 aliphatic heterocycles. The van der Waals surface area contributed by atoms with Gasteiger partial charge in [-0.1, -0.05) is 36.4 Å². The summed E-state index contributed by atoms with van der Waals surface area (Å²) in [6.45, 7) is 8.52. The van der Waals surface area contributed by atoms with E-state index in [1.54, 1.807) is 12.1 Å². The van der Waals surface area contributed by atoms with Crippen LogP contribution in [0.25, 0.3) is 10.4 Å². The number of halogens is 1. The number of amides is 2. The van der Waals surface area contributed by atoms with Crippen LogP contribution in [0.1, 0.15) is 24.3 Å². The van der Waals surface area contributed by atoms with E-state index in [2.05, 4.69) is 16.3 Å². The highest BCUT2D eigenvalue weighted by Gasteiger charge is 2.21. The number of para-hydroxylation sites is 1. The van der Waals surface area contributed by atoms with Crippen molar-refractivity contribution in [3.05, 3.63) is 76.9 Å². The zero-order valence-electron chi connectivity index (χ0n) is 19.1. The Balaban J connectivity index is 1.46. The van der Waals surface area contributed by atoms with Crippen molar-refractivity contribution in [1.82, 2.24) is 9.80 Å². The summed E-state index contributed by atoms with van der Waals surface area (Å²) < 4.78 is 19.6. The first kappa shape index (κ1) is 23.4. The second-order valence-corrected chi connectivity index (χ2v) is 9.61. The van der Waals surface area contributed by atoms with Crippen molar-refractivity contribution in [3.8, 4) is 10.4 Å². The van der Waals surface area contributed by atoms with Gasteiger partial charge in [-0.3, -0.25) is 4.90 Å². The van der Waals surface area contributed by atoms with Crippen LogP contribution in [0, 0.1) is 5.82 Å². The molecule has 1 aliphatic rings. The third kappa shape index (κ3) is 5.99. The minimum Gasteiger partial charge on any atom is -0.379 e. The molecule has 1 aromatic heterocycles. The molecule has 1 N–H and O–H groups in total. The summed E-state index contributed by atoms with van der Waals surface area (Å²) in [5.41, 5.74) is 2.51. The molecule has 2 amide bonds. The highest BCUT2D eigenvalue weighted by molar-refractivity contribution is 7.15. The fourth-order valence-electron chi connectivity index (χ4n) is 3.89. The Labute approximate surface area is 198 Å². The number of nitrogens with zero attached hydrogens (tertiary/aromatic N) is 2. The van der Waals surface area contributed by atoms with E-state index in [4.69, 9.17) is 4.74 Å². The molecule has 7 heteroatoms. The minimum atomic E-state index is -0.235. The van der Waals surface area contributed by atoms with Crippen molar-refractivity contribution in [3.63, 3.8) is 0 Å². The Morgan fingerprint density at radius 3 is 2.58 bits per heavy atom. The Kier molecular flexibility index (Phi) is 7.75. The third-order valence-electron chi connectivity index (χ3n) is 5.77. The summed E-state index contributed by atoms with van der Waals surface area (Å²) in [7, 11) is 0. The number of morpholine rings is 1. The summed E-state index contributed by atoms with van der Waals surface area (Å²) in [6, 6.07) is 18.5. The lowest BCUT2D eigenvalue weighted by Crippen LogP contribution is -2.40. The van der Waals surface area contributed by atoms with Gasteiger partial charge in [-0.15, -0.1) is 11.3 Å². The predicted molar refractivity (Wildman–Crippen MR) is 132 cm³/mol. The molecular formula is C26H30FN3O2S. The maximum atomic E-state index is 14.2. The van der Waals surface area contributed by atoms with Gasteiger partial charge in [0.25, 0.3) is 0 Å². The molecule has 174 valence electrons. The molecule has 0 bridgehead atoms. The van der Waals surface area contributed by atoms with Crippen molar-refractivity contribution in [2.45, 2.75) is 33.0 Å². The van der Waals surface area contributed by atoms with Gasteiger partial charge in [0.05, 0.1) is 19.8 Å². The van der Waals surface area contributed by atoms with Gasteiger partial charge in [-0.2, -0.15) is 0 Å². The third-order valence-corrected chi connectivity index (χ3v) is 6.87. The number of benzene rings is 2. The molecule has 5 nitrogen and oxygen atoms in total. The molecular weight excluding hydrogens is 437 g/mol. The fraction of sp³-hybridized carbons (Fsp3) is 0.346. The first-order valence-electron chi connectivity index (χ1n) is 11.3. The fourth-order valence-corrected chi connectivity index (χ4v) is 4.93. The minimum absolute atomic E-state index is 0.00965. The van der Waals surface area contributed by atoms with E-state index < -0.39 is 0 Å². The molecule has 0 spiro atoms. The zero-order chi connectivity index (χ0) is 23.2. The van der Waals surface area contributed by atoms with Crippen LogP contribution < -0.4 is 5.32 Å². The first-order valence-corrected chi connectivity index (χ1v) is 12.1. The molecule has 2 heterocycles. The number of hydrogen-bond donors (Lipinski definition) is 1. The van der Waals surface area contributed by atoms with E-state index in [0.29, 0.717) is 12.1 Å². The van der Waals surface area contributed by atoms with E-state index in [0.717, 1.165) is 53.9 Å². The Hall–Kier alpha value is -2.74. The van der Waals surface area contributed by atoms with E-state index in [9.17, 15) is 9.18 Å². The molecule has 1 fully saturated rings. The van der Waals surface area contributed by atoms with Gasteiger partial charge >= 0.3 is 6.03 Å². The quantitative estimate of drug-likeness (QED) is 0.476. The summed E-state index contributed by atoms with van der Waals surface area (Å²) in [5, 5.41) is 3.12. The molecule has 0 atom stereocenters. The monoisotopic (exact) mass is 467 g/mol. The summed E-state index contributed by atoms with van der Waals surface area (Å²) >= 11 is 1.52. The average molecular weight is 468 g/mol. The van der Waals surface area contributed by atoms with Gasteiger partial charge < -0.3 is 15.0 Å². The summed E-state index contributed by atoms with van der Waals surface area (Å²) in [4.78, 5) is 19.3. The van der Waals surface area contributed by atoms with E-state index >= 15 is 0 Å². The van der Waals surface area contributed by atoms with Crippen LogP contribution in [0.5, 0.6) is 0 Å². The highest BCUT2D eigenvalue weighted by Crippen LogP contribution is 2.31. The molecule has 2 aromatic carbocycles. The van der Waals surface area contributed by atoms with E-state index in [-0.39, 0.29) is 17.9 Å². The molecule has 4 rings (SSSR count). The molecule has 0 saturated carbocycles. The first-order chi connectivity index (χ1) is 16.0. The second-order valence-electron chi connectivity index (χ2n) is 8.44. The summed E-state index contributed by atoms with van der Waals surface area (Å²) in [5.74, 6) is -0.235. The van der Waals surface area contributed by atoms with Gasteiger partial charge in [0.15, 0.2) is 0 Å². The Morgan fingerprint density at radius 1 is 1.09 bits per heavy atom. The number of anilines is 1. The number of ether oxygens (including phenoxy) is 1. The lowest BCUT2D eigenvalue weighted by Gasteiger charge is -2.29. The maximum Gasteiger partial charge on any atom is 0.322 e. The Morgan fingerprint density at radius 2 is 1.82 bits per heavy atom. The number of nitrogens with one attached hydrogen (secondary N) is 1. The topological polar surface area (TPSA) is 44.8 Å². The van der Waals surface area contributed by atoms with Gasteiger partial charge in [0.1, 0.15) is 5.82 Å². The lowest BCUT2D eigenvalue weighted by atomic mass is 10.1. The van der Waals surface area contributed by atoms with E-state index in [1.165, 1.54) is 17.4 Å². The Bertz CT molecular complexity index is 1080. The smallest absolute Gasteiger partial charge is 0.322 e. The molecule has 1 saturated heterocycles. The van der Waals surface area contributed by atoms with Crippen LogP contribution in [0.15, 0.2) is 60.7 Å². The normalized spacial score (nSPS) is 14.4. The van der Waals surface area contributed by atoms with E-state index in [1.807, 2.05) is 55.1 Å². The van der Waals surface area contributed by atoms with Crippen molar-refractivity contribution in [2.24, 2.45) is 0 Å². The second kappa shape index (κ2) is 10.9. The van der Waals surface area contributed by atoms with Crippen LogP contribution in [-0.4, -0.2) is 48.2 Å². The van der Waals surface area contributed by atoms with Gasteiger partial charge in [-0.25, -0.2) is 9.18 Å². The number of hydrogen-bond acceptors (Lipinski definition) is 4. The molecule has 0 radical (unpaired) electrons. The number of thiophene rings is 1. The predicted octanol–water partition coefficient (Wildman–Crippen LogP) is 5.83. The number of rotatable bonds is 7. The number of urea groups is 1. The molecule has 3 aromatic rings. The number of carbonyl (C=O) groups excluding carboxylic acids is 1. The van der Waals surface area contributed by atoms with Crippen molar-refractivity contribution >= 4 is 23.1 Å². The van der Waals surface area contributed by atoms with Crippen molar-refractivity contribution < 1.29 is 13.9 Å². The summed E-state index contributed by atoms with van der Waals surface area (Å²) in [6.07, 6.45) is 0. The van der Waals surface area contributed by atoms with Crippen LogP contribution in [-0.2, 0) is 17.8 Å². The van der Waals surface area contributed by atoms with Gasteiger partial charge in [0, 0.05) is 46.7 Å². The largest absolute Gasteiger partial charge is 0.379 e. The van der Waals surface area contributed by atoms with Crippen LogP contribution in [0.4, 0.5) is 14.9 Å². The van der Waals surface area contributed by atoms with Crippen molar-refractivity contribution in [1.29, 1.82) is 0 Å². The molecule has 0 unspecified atom stereocenters.